The van der Waals surface area contributed by atoms with Crippen molar-refractivity contribution in [1.29, 1.82) is 0 Å². The van der Waals surface area contributed by atoms with Crippen molar-refractivity contribution in [3.63, 3.8) is 0 Å². The highest BCUT2D eigenvalue weighted by molar-refractivity contribution is 4.74. The van der Waals surface area contributed by atoms with E-state index < -0.39 is 0 Å². The average molecular weight is 238 g/mol. The molecule has 0 spiro atoms. The second-order valence-electron chi connectivity index (χ2n) is 5.47. The number of hydrogen-bond donors (Lipinski definition) is 0. The summed E-state index contributed by atoms with van der Waals surface area (Å²) in [4.78, 5) is 0. The molecule has 0 heterocycles. The molecule has 1 saturated carbocycles. The molecule has 100 valence electrons. The van der Waals surface area contributed by atoms with Gasteiger partial charge in [0.25, 0.3) is 0 Å². The third-order valence-electron chi connectivity index (χ3n) is 3.96. The van der Waals surface area contributed by atoms with Crippen molar-refractivity contribution in [2.75, 3.05) is 6.61 Å². The molecule has 0 aromatic carbocycles. The third-order valence-corrected chi connectivity index (χ3v) is 3.96. The van der Waals surface area contributed by atoms with Crippen molar-refractivity contribution in [1.82, 2.24) is 0 Å². The minimum atomic E-state index is 0.518. The number of rotatable bonds is 9. The highest BCUT2D eigenvalue weighted by Gasteiger charge is 2.20. The summed E-state index contributed by atoms with van der Waals surface area (Å²) < 4.78 is 5.72. The van der Waals surface area contributed by atoms with Crippen molar-refractivity contribution in [3.05, 3.63) is 12.7 Å². The van der Waals surface area contributed by atoms with Crippen molar-refractivity contribution in [2.24, 2.45) is 5.92 Å². The maximum Gasteiger partial charge on any atom is 0.0648 e. The van der Waals surface area contributed by atoms with Crippen molar-refractivity contribution < 1.29 is 4.74 Å². The summed E-state index contributed by atoms with van der Waals surface area (Å²) in [6, 6.07) is 0. The predicted molar refractivity (Wildman–Crippen MR) is 75.3 cm³/mol. The lowest BCUT2D eigenvalue weighted by atomic mass is 9.84. The molecule has 0 amide bonds. The monoisotopic (exact) mass is 238 g/mol. The van der Waals surface area contributed by atoms with Gasteiger partial charge in [0.15, 0.2) is 0 Å². The first kappa shape index (κ1) is 14.8. The zero-order valence-corrected chi connectivity index (χ0v) is 11.6. The third kappa shape index (κ3) is 6.88. The molecule has 0 aromatic rings. The molecule has 0 atom stereocenters. The molecular formula is C16H30O. The molecule has 1 rings (SSSR count). The van der Waals surface area contributed by atoms with E-state index >= 15 is 0 Å². The molecule has 1 fully saturated rings. The minimum absolute atomic E-state index is 0.518. The summed E-state index contributed by atoms with van der Waals surface area (Å²) in [5.74, 6) is 0.986. The van der Waals surface area contributed by atoms with E-state index in [0.717, 1.165) is 12.5 Å². The smallest absolute Gasteiger partial charge is 0.0648 e. The van der Waals surface area contributed by atoms with Crippen LogP contribution in [0.2, 0.25) is 0 Å². The summed E-state index contributed by atoms with van der Waals surface area (Å²) in [5.41, 5.74) is 0. The Labute approximate surface area is 108 Å². The molecular weight excluding hydrogens is 208 g/mol. The van der Waals surface area contributed by atoms with Crippen LogP contribution in [0.3, 0.4) is 0 Å². The Kier molecular flexibility index (Phi) is 8.42. The predicted octanol–water partition coefficient (Wildman–Crippen LogP) is 5.11. The van der Waals surface area contributed by atoms with E-state index in [4.69, 9.17) is 4.74 Å². The highest BCUT2D eigenvalue weighted by atomic mass is 16.5. The Morgan fingerprint density at radius 2 is 1.76 bits per heavy atom. The van der Waals surface area contributed by atoms with E-state index in [1.165, 1.54) is 64.2 Å². The van der Waals surface area contributed by atoms with Gasteiger partial charge in [0.1, 0.15) is 0 Å². The van der Waals surface area contributed by atoms with E-state index in [1.54, 1.807) is 0 Å². The van der Waals surface area contributed by atoms with Crippen LogP contribution in [0, 0.1) is 5.92 Å². The van der Waals surface area contributed by atoms with Crippen molar-refractivity contribution in [3.8, 4) is 0 Å². The zero-order chi connectivity index (χ0) is 12.3. The molecule has 0 aromatic heterocycles. The van der Waals surface area contributed by atoms with Gasteiger partial charge >= 0.3 is 0 Å². The first-order valence-electron chi connectivity index (χ1n) is 7.59. The number of ether oxygens (including phenoxy) is 1. The lowest BCUT2D eigenvalue weighted by Gasteiger charge is -2.28. The van der Waals surface area contributed by atoms with E-state index in [1.807, 2.05) is 6.08 Å². The van der Waals surface area contributed by atoms with E-state index in [0.29, 0.717) is 6.10 Å². The summed E-state index contributed by atoms with van der Waals surface area (Å²) in [6.07, 6.45) is 16.2. The molecule has 0 aliphatic heterocycles. The maximum absolute atomic E-state index is 5.72. The molecule has 0 N–H and O–H groups in total. The Bertz CT molecular complexity index is 180. The van der Waals surface area contributed by atoms with Gasteiger partial charge in [-0.2, -0.15) is 0 Å². The largest absolute Gasteiger partial charge is 0.374 e. The van der Waals surface area contributed by atoms with Gasteiger partial charge in [-0.1, -0.05) is 51.5 Å². The van der Waals surface area contributed by atoms with Gasteiger partial charge in [0.2, 0.25) is 0 Å². The Hall–Kier alpha value is -0.300. The quantitative estimate of drug-likeness (QED) is 0.401. The minimum Gasteiger partial charge on any atom is -0.374 e. The van der Waals surface area contributed by atoms with Gasteiger partial charge in [-0.15, -0.1) is 6.58 Å². The zero-order valence-electron chi connectivity index (χ0n) is 11.6. The number of unbranched alkanes of at least 4 members (excludes halogenated alkanes) is 4. The first-order chi connectivity index (χ1) is 8.36. The fourth-order valence-corrected chi connectivity index (χ4v) is 2.83. The molecule has 0 saturated heterocycles. The summed E-state index contributed by atoms with van der Waals surface area (Å²) in [6.45, 7) is 6.71. The van der Waals surface area contributed by atoms with Gasteiger partial charge in [-0.3, -0.25) is 0 Å². The van der Waals surface area contributed by atoms with Crippen LogP contribution >= 0.6 is 0 Å². The second kappa shape index (κ2) is 9.70. The van der Waals surface area contributed by atoms with Gasteiger partial charge in [-0.05, 0) is 31.6 Å². The molecule has 17 heavy (non-hydrogen) atoms. The van der Waals surface area contributed by atoms with Crippen LogP contribution in [0.4, 0.5) is 0 Å². The number of hydrogen-bond acceptors (Lipinski definition) is 1. The fourth-order valence-electron chi connectivity index (χ4n) is 2.83. The Balaban J connectivity index is 1.97. The molecule has 0 bridgehead atoms. The highest BCUT2D eigenvalue weighted by Crippen LogP contribution is 2.30. The lowest BCUT2D eigenvalue weighted by Crippen LogP contribution is -2.21. The molecule has 1 heteroatoms. The maximum atomic E-state index is 5.72. The molecule has 0 unspecified atom stereocenters. The summed E-state index contributed by atoms with van der Waals surface area (Å²) >= 11 is 0. The molecule has 0 radical (unpaired) electrons. The fraction of sp³-hybridized carbons (Fsp3) is 0.875. The van der Waals surface area contributed by atoms with Crippen LogP contribution in [-0.4, -0.2) is 12.7 Å². The van der Waals surface area contributed by atoms with Gasteiger partial charge in [0, 0.05) is 0 Å². The SMILES string of the molecule is C=CCO[C@H]1CC[C@H](CCCCCCC)CC1. The van der Waals surface area contributed by atoms with Crippen molar-refractivity contribution in [2.45, 2.75) is 77.2 Å². The van der Waals surface area contributed by atoms with Crippen LogP contribution in [0.1, 0.15) is 71.1 Å². The Morgan fingerprint density at radius 1 is 1.06 bits per heavy atom. The molecule has 1 nitrogen and oxygen atoms in total. The Morgan fingerprint density at radius 3 is 2.41 bits per heavy atom. The van der Waals surface area contributed by atoms with Crippen LogP contribution in [0.5, 0.6) is 0 Å². The van der Waals surface area contributed by atoms with Gasteiger partial charge in [0.05, 0.1) is 12.7 Å². The van der Waals surface area contributed by atoms with E-state index in [2.05, 4.69) is 13.5 Å². The van der Waals surface area contributed by atoms with Gasteiger partial charge in [-0.25, -0.2) is 0 Å². The van der Waals surface area contributed by atoms with Crippen LogP contribution in [0.25, 0.3) is 0 Å². The molecule has 1 aliphatic rings. The van der Waals surface area contributed by atoms with E-state index in [-0.39, 0.29) is 0 Å². The standard InChI is InChI=1S/C16H30O/c1-3-5-6-7-8-9-15-10-12-16(13-11-15)17-14-4-2/h4,15-16H,2-3,5-14H2,1H3/t15-,16-. The first-order valence-corrected chi connectivity index (χ1v) is 7.59. The van der Waals surface area contributed by atoms with Crippen LogP contribution in [-0.2, 0) is 4.74 Å². The lowest BCUT2D eigenvalue weighted by molar-refractivity contribution is 0.0334. The summed E-state index contributed by atoms with van der Waals surface area (Å²) in [7, 11) is 0. The normalized spacial score (nSPS) is 24.8. The topological polar surface area (TPSA) is 9.23 Å². The average Bonchev–Trinajstić information content (AvgIpc) is 2.37. The van der Waals surface area contributed by atoms with Gasteiger partial charge < -0.3 is 4.74 Å². The molecule has 1 aliphatic carbocycles. The second-order valence-corrected chi connectivity index (χ2v) is 5.47. The van der Waals surface area contributed by atoms with E-state index in [9.17, 15) is 0 Å². The summed E-state index contributed by atoms with van der Waals surface area (Å²) in [5, 5.41) is 0. The van der Waals surface area contributed by atoms with Crippen molar-refractivity contribution >= 4 is 0 Å². The van der Waals surface area contributed by atoms with Crippen LogP contribution in [0.15, 0.2) is 12.7 Å². The van der Waals surface area contributed by atoms with Crippen LogP contribution < -0.4 is 0 Å².